The van der Waals surface area contributed by atoms with Crippen molar-refractivity contribution in [2.45, 2.75) is 5.03 Å². The highest BCUT2D eigenvalue weighted by atomic mass is 32.2. The molecule has 5 nitrogen and oxygen atoms in total. The van der Waals surface area contributed by atoms with E-state index in [4.69, 9.17) is 0 Å². The summed E-state index contributed by atoms with van der Waals surface area (Å²) in [6.45, 7) is 4.70. The molecular weight excluding hydrogens is 370 g/mol. The number of piperazine rings is 1. The van der Waals surface area contributed by atoms with Crippen LogP contribution in [0.5, 0.6) is 0 Å². The van der Waals surface area contributed by atoms with Crippen LogP contribution in [0.4, 0.5) is 5.69 Å². The molecule has 0 amide bonds. The topological polar surface area (TPSA) is 59.5 Å². The summed E-state index contributed by atoms with van der Waals surface area (Å²) >= 11 is -2.34. The number of nitrogens with zero attached hydrogens (tertiary/aromatic N) is 3. The van der Waals surface area contributed by atoms with E-state index >= 15 is 0 Å². The maximum atomic E-state index is 11.5. The number of fused-ring (bicyclic) bond motifs is 1. The van der Waals surface area contributed by atoms with E-state index in [1.165, 1.54) is 5.56 Å². The Morgan fingerprint density at radius 1 is 0.964 bits per heavy atom. The molecule has 0 N–H and O–H groups in total. The summed E-state index contributed by atoms with van der Waals surface area (Å²) in [5, 5.41) is 1.74. The molecule has 1 aliphatic rings. The van der Waals surface area contributed by atoms with Crippen molar-refractivity contribution < 1.29 is 8.76 Å². The van der Waals surface area contributed by atoms with Crippen LogP contribution in [0.3, 0.4) is 0 Å². The van der Waals surface area contributed by atoms with Gasteiger partial charge in [0.25, 0.3) is 0 Å². The van der Waals surface area contributed by atoms with Crippen LogP contribution in [-0.4, -0.2) is 51.4 Å². The molecular formula is C22H22N3O2S-. The lowest BCUT2D eigenvalue weighted by molar-refractivity contribution is 0.284. The van der Waals surface area contributed by atoms with Gasteiger partial charge in [-0.2, -0.15) is 0 Å². The van der Waals surface area contributed by atoms with Gasteiger partial charge in [0.15, 0.2) is 0 Å². The summed E-state index contributed by atoms with van der Waals surface area (Å²) in [7, 11) is 0. The molecule has 1 saturated heterocycles. The van der Waals surface area contributed by atoms with Crippen LogP contribution in [0.15, 0.2) is 71.9 Å². The Kier molecular flexibility index (Phi) is 5.81. The third-order valence-electron chi connectivity index (χ3n) is 5.09. The minimum absolute atomic E-state index is 0.115. The van der Waals surface area contributed by atoms with Crippen LogP contribution in [-0.2, 0) is 11.1 Å². The Morgan fingerprint density at radius 3 is 2.50 bits per heavy atom. The average Bonchev–Trinajstić information content (AvgIpc) is 2.74. The molecule has 28 heavy (non-hydrogen) atoms. The predicted molar refractivity (Wildman–Crippen MR) is 113 cm³/mol. The van der Waals surface area contributed by atoms with Gasteiger partial charge in [0, 0.05) is 55.4 Å². The first kappa shape index (κ1) is 18.8. The lowest BCUT2D eigenvalue weighted by Crippen LogP contribution is -2.46. The fourth-order valence-electron chi connectivity index (χ4n) is 3.65. The van der Waals surface area contributed by atoms with E-state index in [0.29, 0.717) is 5.39 Å². The third-order valence-corrected chi connectivity index (χ3v) is 5.73. The van der Waals surface area contributed by atoms with Gasteiger partial charge in [-0.15, -0.1) is 0 Å². The van der Waals surface area contributed by atoms with Gasteiger partial charge in [0.05, 0.1) is 0 Å². The van der Waals surface area contributed by atoms with Crippen LogP contribution < -0.4 is 4.90 Å². The molecule has 0 radical (unpaired) electrons. The molecule has 1 aliphatic heterocycles. The minimum atomic E-state index is -2.34. The van der Waals surface area contributed by atoms with Crippen molar-refractivity contribution in [1.29, 1.82) is 0 Å². The van der Waals surface area contributed by atoms with Crippen LogP contribution in [0.25, 0.3) is 16.8 Å². The van der Waals surface area contributed by atoms with Crippen molar-refractivity contribution in [3.63, 3.8) is 0 Å². The maximum absolute atomic E-state index is 11.5. The second-order valence-corrected chi connectivity index (χ2v) is 7.68. The zero-order valence-electron chi connectivity index (χ0n) is 15.5. The number of benzene rings is 2. The second-order valence-electron chi connectivity index (χ2n) is 6.82. The number of anilines is 1. The molecule has 1 unspecified atom stereocenters. The van der Waals surface area contributed by atoms with Gasteiger partial charge >= 0.3 is 0 Å². The lowest BCUT2D eigenvalue weighted by Gasteiger charge is -2.36. The highest BCUT2D eigenvalue weighted by molar-refractivity contribution is 7.79. The number of pyridine rings is 1. The van der Waals surface area contributed by atoms with Crippen molar-refractivity contribution >= 4 is 33.6 Å². The quantitative estimate of drug-likeness (QED) is 0.624. The molecule has 2 heterocycles. The Morgan fingerprint density at radius 2 is 1.75 bits per heavy atom. The SMILES string of the molecule is O=S([O-])c1nccc2c(N3CCN(C/C=C/c4ccccc4)CC3)cccc12. The monoisotopic (exact) mass is 392 g/mol. The fourth-order valence-corrected chi connectivity index (χ4v) is 4.15. The highest BCUT2D eigenvalue weighted by Gasteiger charge is 2.18. The van der Waals surface area contributed by atoms with E-state index in [0.717, 1.165) is 43.8 Å². The summed E-state index contributed by atoms with van der Waals surface area (Å²) in [5.41, 5.74) is 2.29. The molecule has 1 atom stereocenters. The number of hydrogen-bond acceptors (Lipinski definition) is 5. The second kappa shape index (κ2) is 8.65. The molecule has 3 aromatic rings. The molecule has 0 spiro atoms. The Balaban J connectivity index is 1.43. The number of aromatic nitrogens is 1. The largest absolute Gasteiger partial charge is 0.767 e. The van der Waals surface area contributed by atoms with E-state index in [-0.39, 0.29) is 5.03 Å². The first-order chi connectivity index (χ1) is 13.7. The molecule has 2 aromatic carbocycles. The summed E-state index contributed by atoms with van der Waals surface area (Å²) in [6.07, 6.45) is 5.95. The van der Waals surface area contributed by atoms with Gasteiger partial charge < -0.3 is 9.45 Å². The van der Waals surface area contributed by atoms with Crippen molar-refractivity contribution in [3.8, 4) is 0 Å². The van der Waals surface area contributed by atoms with Crippen molar-refractivity contribution in [3.05, 3.63) is 72.4 Å². The predicted octanol–water partition coefficient (Wildman–Crippen LogP) is 3.31. The molecule has 1 fully saturated rings. The zero-order chi connectivity index (χ0) is 19.3. The maximum Gasteiger partial charge on any atom is 0.121 e. The van der Waals surface area contributed by atoms with Gasteiger partial charge in [-0.25, -0.2) is 4.98 Å². The molecule has 144 valence electrons. The van der Waals surface area contributed by atoms with E-state index < -0.39 is 11.1 Å². The Labute approximate surface area is 167 Å². The first-order valence-corrected chi connectivity index (χ1v) is 10.5. The molecule has 6 heteroatoms. The summed E-state index contributed by atoms with van der Waals surface area (Å²) in [4.78, 5) is 8.78. The summed E-state index contributed by atoms with van der Waals surface area (Å²) in [6, 6.07) is 18.0. The van der Waals surface area contributed by atoms with Gasteiger partial charge in [-0.05, 0) is 28.8 Å². The number of rotatable bonds is 5. The summed E-state index contributed by atoms with van der Waals surface area (Å²) < 4.78 is 22.9. The standard InChI is InChI=1S/C22H23N3O2S/c26-28(27)22-20-9-4-10-21(19(20)11-12-23-22)25-16-14-24(15-17-25)13-5-8-18-6-2-1-3-7-18/h1-12H,13-17H2,(H,26,27)/p-1/b8-5+. The molecule has 4 rings (SSSR count). The van der Waals surface area contributed by atoms with Gasteiger partial charge in [0.2, 0.25) is 0 Å². The van der Waals surface area contributed by atoms with Gasteiger partial charge in [-0.1, -0.05) is 54.6 Å². The number of hydrogen-bond donors (Lipinski definition) is 0. The van der Waals surface area contributed by atoms with E-state index in [1.807, 2.05) is 36.4 Å². The Hall–Kier alpha value is -2.54. The lowest BCUT2D eigenvalue weighted by atomic mass is 10.1. The molecule has 0 aliphatic carbocycles. The minimum Gasteiger partial charge on any atom is -0.767 e. The van der Waals surface area contributed by atoms with Crippen LogP contribution in [0.1, 0.15) is 5.56 Å². The fraction of sp³-hybridized carbons (Fsp3) is 0.227. The normalized spacial score (nSPS) is 16.7. The molecule has 0 bridgehead atoms. The third kappa shape index (κ3) is 4.14. The first-order valence-electron chi connectivity index (χ1n) is 9.38. The molecule has 1 aromatic heterocycles. The smallest absolute Gasteiger partial charge is 0.121 e. The van der Waals surface area contributed by atoms with E-state index in [9.17, 15) is 8.76 Å². The van der Waals surface area contributed by atoms with Crippen molar-refractivity contribution in [1.82, 2.24) is 9.88 Å². The molecule has 0 saturated carbocycles. The van der Waals surface area contributed by atoms with Crippen LogP contribution >= 0.6 is 0 Å². The Bertz CT molecular complexity index is 999. The average molecular weight is 393 g/mol. The van der Waals surface area contributed by atoms with Gasteiger partial charge in [0.1, 0.15) is 5.03 Å². The highest BCUT2D eigenvalue weighted by Crippen LogP contribution is 2.29. The van der Waals surface area contributed by atoms with Crippen molar-refractivity contribution in [2.75, 3.05) is 37.6 Å². The van der Waals surface area contributed by atoms with E-state index in [1.54, 1.807) is 6.20 Å². The van der Waals surface area contributed by atoms with Crippen molar-refractivity contribution in [2.24, 2.45) is 0 Å². The van der Waals surface area contributed by atoms with Crippen LogP contribution in [0, 0.1) is 0 Å². The zero-order valence-corrected chi connectivity index (χ0v) is 16.3. The van der Waals surface area contributed by atoms with Crippen LogP contribution in [0.2, 0.25) is 0 Å². The van der Waals surface area contributed by atoms with E-state index in [2.05, 4.69) is 45.1 Å². The summed E-state index contributed by atoms with van der Waals surface area (Å²) in [5.74, 6) is 0. The van der Waals surface area contributed by atoms with Gasteiger partial charge in [-0.3, -0.25) is 9.11 Å².